The molecule has 4 nitrogen and oxygen atoms in total. The number of carbonyl (C=O) groups excluding carboxylic acids is 2. The Kier molecular flexibility index (Phi) is 4.84. The number of amides is 2. The highest BCUT2D eigenvalue weighted by atomic mass is 32.2. The molecule has 1 aromatic rings. The van der Waals surface area contributed by atoms with Crippen molar-refractivity contribution in [3.63, 3.8) is 0 Å². The molecule has 2 amide bonds. The average molecular weight is 340 g/mol. The van der Waals surface area contributed by atoms with Crippen LogP contribution < -0.4 is 0 Å². The van der Waals surface area contributed by atoms with Gasteiger partial charge in [-0.3, -0.25) is 9.59 Å². The highest BCUT2D eigenvalue weighted by Gasteiger charge is 2.37. The summed E-state index contributed by atoms with van der Waals surface area (Å²) >= 11 is 1.80. The lowest BCUT2D eigenvalue weighted by atomic mass is 10.1. The summed E-state index contributed by atoms with van der Waals surface area (Å²) in [5.74, 6) is -0.318. The quantitative estimate of drug-likeness (QED) is 0.828. The largest absolute Gasteiger partial charge is 0.339 e. The van der Waals surface area contributed by atoms with Crippen LogP contribution in [0, 0.1) is 11.6 Å². The zero-order chi connectivity index (χ0) is 16.4. The number of nitrogens with zero attached hydrogens (tertiary/aromatic N) is 2. The number of benzene rings is 1. The second kappa shape index (κ2) is 6.86. The van der Waals surface area contributed by atoms with E-state index >= 15 is 0 Å². The van der Waals surface area contributed by atoms with Gasteiger partial charge < -0.3 is 9.80 Å². The van der Waals surface area contributed by atoms with E-state index in [2.05, 4.69) is 0 Å². The Balaban J connectivity index is 1.79. The van der Waals surface area contributed by atoms with E-state index in [-0.39, 0.29) is 11.5 Å². The third kappa shape index (κ3) is 3.34. The van der Waals surface area contributed by atoms with Crippen LogP contribution in [0.4, 0.5) is 8.78 Å². The van der Waals surface area contributed by atoms with Crippen molar-refractivity contribution in [2.75, 3.05) is 31.1 Å². The lowest BCUT2D eigenvalue weighted by Crippen LogP contribution is -2.50. The van der Waals surface area contributed by atoms with Gasteiger partial charge in [0.25, 0.3) is 5.91 Å². The normalized spacial score (nSPS) is 21.6. The van der Waals surface area contributed by atoms with Crippen LogP contribution in [0.2, 0.25) is 0 Å². The molecule has 0 spiro atoms. The van der Waals surface area contributed by atoms with Crippen molar-refractivity contribution in [3.05, 3.63) is 35.4 Å². The number of halogens is 2. The lowest BCUT2D eigenvalue weighted by Gasteiger charge is -2.32. The first-order chi connectivity index (χ1) is 11.1. The Hall–Kier alpha value is -1.63. The van der Waals surface area contributed by atoms with Crippen LogP contribution in [0.15, 0.2) is 18.2 Å². The van der Waals surface area contributed by atoms with Gasteiger partial charge in [0.2, 0.25) is 5.91 Å². The molecule has 2 fully saturated rings. The van der Waals surface area contributed by atoms with Crippen molar-refractivity contribution in [1.82, 2.24) is 9.80 Å². The summed E-state index contributed by atoms with van der Waals surface area (Å²) in [5, 5.41) is 0. The summed E-state index contributed by atoms with van der Waals surface area (Å²) in [6.07, 6.45) is 1.27. The molecule has 23 heavy (non-hydrogen) atoms. The summed E-state index contributed by atoms with van der Waals surface area (Å²) < 4.78 is 27.2. The molecule has 0 radical (unpaired) electrons. The van der Waals surface area contributed by atoms with Crippen molar-refractivity contribution in [2.24, 2.45) is 0 Å². The Morgan fingerprint density at radius 3 is 2.61 bits per heavy atom. The second-order valence-electron chi connectivity index (χ2n) is 5.72. The summed E-state index contributed by atoms with van der Waals surface area (Å²) in [4.78, 5) is 28.4. The summed E-state index contributed by atoms with van der Waals surface area (Å²) in [7, 11) is 0. The molecule has 0 saturated carbocycles. The zero-order valence-electron chi connectivity index (χ0n) is 12.6. The van der Waals surface area contributed by atoms with Crippen molar-refractivity contribution in [1.29, 1.82) is 0 Å². The number of hydrogen-bond donors (Lipinski definition) is 0. The van der Waals surface area contributed by atoms with Gasteiger partial charge in [0.15, 0.2) is 0 Å². The molecule has 2 heterocycles. The fourth-order valence-corrected chi connectivity index (χ4v) is 3.98. The molecular weight excluding hydrogens is 322 g/mol. The van der Waals surface area contributed by atoms with Gasteiger partial charge in [0, 0.05) is 31.1 Å². The maximum Gasteiger partial charge on any atom is 0.257 e. The van der Waals surface area contributed by atoms with E-state index in [0.29, 0.717) is 32.5 Å². The highest BCUT2D eigenvalue weighted by molar-refractivity contribution is 7.99. The number of carbonyl (C=O) groups is 2. The third-order valence-corrected chi connectivity index (χ3v) is 5.22. The molecule has 1 aromatic carbocycles. The molecule has 3 rings (SSSR count). The van der Waals surface area contributed by atoms with Gasteiger partial charge in [-0.2, -0.15) is 11.8 Å². The Morgan fingerprint density at radius 1 is 1.13 bits per heavy atom. The van der Waals surface area contributed by atoms with E-state index < -0.39 is 23.6 Å². The minimum atomic E-state index is -0.760. The van der Waals surface area contributed by atoms with Crippen LogP contribution in [-0.2, 0) is 4.79 Å². The maximum atomic E-state index is 13.8. The minimum Gasteiger partial charge on any atom is -0.339 e. The molecule has 124 valence electrons. The standard InChI is InChI=1S/C16H18F2N2O2S/c17-11-3-4-13(18)12(10-11)15(21)20-5-1-2-14(20)16(22)19-6-8-23-9-7-19/h3-4,10,14H,1-2,5-9H2/t14-/m0/s1. The molecule has 2 saturated heterocycles. The second-order valence-corrected chi connectivity index (χ2v) is 6.94. The number of rotatable bonds is 2. The van der Waals surface area contributed by atoms with Crippen LogP contribution in [0.1, 0.15) is 23.2 Å². The molecule has 1 atom stereocenters. The molecule has 0 aliphatic carbocycles. The van der Waals surface area contributed by atoms with Gasteiger partial charge in [-0.25, -0.2) is 8.78 Å². The molecule has 2 aliphatic heterocycles. The van der Waals surface area contributed by atoms with Crippen molar-refractivity contribution in [3.8, 4) is 0 Å². The van der Waals surface area contributed by atoms with Crippen LogP contribution in [0.25, 0.3) is 0 Å². The molecule has 2 aliphatic rings. The van der Waals surface area contributed by atoms with Crippen molar-refractivity contribution in [2.45, 2.75) is 18.9 Å². The molecule has 0 bridgehead atoms. The van der Waals surface area contributed by atoms with E-state index in [0.717, 1.165) is 29.7 Å². The number of thioether (sulfide) groups is 1. The first-order valence-corrected chi connectivity index (χ1v) is 8.86. The number of hydrogen-bond acceptors (Lipinski definition) is 3. The number of likely N-dealkylation sites (tertiary alicyclic amines) is 1. The van der Waals surface area contributed by atoms with Gasteiger partial charge in [0.1, 0.15) is 17.7 Å². The van der Waals surface area contributed by atoms with Crippen molar-refractivity contribution < 1.29 is 18.4 Å². The predicted octanol–water partition coefficient (Wildman–Crippen LogP) is 2.14. The SMILES string of the molecule is O=C([C@@H]1CCCN1C(=O)c1cc(F)ccc1F)N1CCSCC1. The Labute approximate surface area is 137 Å². The third-order valence-electron chi connectivity index (χ3n) is 4.28. The topological polar surface area (TPSA) is 40.6 Å². The van der Waals surface area contributed by atoms with Gasteiger partial charge in [-0.05, 0) is 31.0 Å². The van der Waals surface area contributed by atoms with Gasteiger partial charge in [-0.15, -0.1) is 0 Å². The van der Waals surface area contributed by atoms with Crippen LogP contribution >= 0.6 is 11.8 Å². The van der Waals surface area contributed by atoms with E-state index in [1.54, 1.807) is 16.7 Å². The average Bonchev–Trinajstić information content (AvgIpc) is 3.06. The van der Waals surface area contributed by atoms with E-state index in [1.807, 2.05) is 0 Å². The van der Waals surface area contributed by atoms with Gasteiger partial charge in [0.05, 0.1) is 5.56 Å². The lowest BCUT2D eigenvalue weighted by molar-refractivity contribution is -0.134. The summed E-state index contributed by atoms with van der Waals surface area (Å²) in [6, 6.07) is 2.25. The van der Waals surface area contributed by atoms with E-state index in [9.17, 15) is 18.4 Å². The van der Waals surface area contributed by atoms with E-state index in [4.69, 9.17) is 0 Å². The summed E-state index contributed by atoms with van der Waals surface area (Å²) in [5.41, 5.74) is -0.307. The minimum absolute atomic E-state index is 0.0760. The van der Waals surface area contributed by atoms with E-state index in [1.165, 1.54) is 4.90 Å². The van der Waals surface area contributed by atoms with Crippen LogP contribution in [0.3, 0.4) is 0 Å². The van der Waals surface area contributed by atoms with Gasteiger partial charge in [-0.1, -0.05) is 0 Å². The monoisotopic (exact) mass is 340 g/mol. The molecular formula is C16H18F2N2O2S. The molecule has 0 unspecified atom stereocenters. The predicted molar refractivity (Wildman–Crippen MR) is 84.3 cm³/mol. The van der Waals surface area contributed by atoms with Crippen LogP contribution in [-0.4, -0.2) is 58.8 Å². The fourth-order valence-electron chi connectivity index (χ4n) is 3.08. The molecule has 0 aromatic heterocycles. The first-order valence-electron chi connectivity index (χ1n) is 7.70. The fraction of sp³-hybridized carbons (Fsp3) is 0.500. The molecule has 7 heteroatoms. The Morgan fingerprint density at radius 2 is 1.87 bits per heavy atom. The van der Waals surface area contributed by atoms with Crippen molar-refractivity contribution >= 4 is 23.6 Å². The maximum absolute atomic E-state index is 13.8. The smallest absolute Gasteiger partial charge is 0.257 e. The van der Waals surface area contributed by atoms with Gasteiger partial charge >= 0.3 is 0 Å². The summed E-state index contributed by atoms with van der Waals surface area (Å²) in [6.45, 7) is 1.75. The first kappa shape index (κ1) is 16.2. The highest BCUT2D eigenvalue weighted by Crippen LogP contribution is 2.24. The Bertz CT molecular complexity index is 620. The van der Waals surface area contributed by atoms with Crippen LogP contribution in [0.5, 0.6) is 0 Å². The molecule has 0 N–H and O–H groups in total. The zero-order valence-corrected chi connectivity index (χ0v) is 13.5.